The molecule has 0 bridgehead atoms. The Balaban J connectivity index is 2.28. The number of hydrogen-bond acceptors (Lipinski definition) is 4. The van der Waals surface area contributed by atoms with Gasteiger partial charge in [-0.1, -0.05) is 32.4 Å². The van der Waals surface area contributed by atoms with Crippen molar-refractivity contribution in [2.75, 3.05) is 11.9 Å². The fraction of sp³-hybridized carbons (Fsp3) is 0.526. The van der Waals surface area contributed by atoms with E-state index >= 15 is 0 Å². The Kier molecular flexibility index (Phi) is 9.19. The van der Waals surface area contributed by atoms with Gasteiger partial charge < -0.3 is 21.1 Å². The monoisotopic (exact) mass is 363 g/mol. The molecule has 3 amide bonds. The Labute approximate surface area is 154 Å². The molecule has 26 heavy (non-hydrogen) atoms. The van der Waals surface area contributed by atoms with Crippen LogP contribution in [0.2, 0.25) is 0 Å². The SMILES string of the molecule is CC(C)c1ccc(NC(=O)[C@H](C)OC(=O)CCCCCNC(N)=O)cc1. The Hall–Kier alpha value is -2.57. The van der Waals surface area contributed by atoms with E-state index in [0.717, 1.165) is 12.8 Å². The van der Waals surface area contributed by atoms with Crippen LogP contribution in [0.4, 0.5) is 10.5 Å². The maximum Gasteiger partial charge on any atom is 0.312 e. The average molecular weight is 363 g/mol. The molecule has 0 spiro atoms. The minimum Gasteiger partial charge on any atom is -0.453 e. The van der Waals surface area contributed by atoms with Crippen LogP contribution in [0.1, 0.15) is 57.9 Å². The summed E-state index contributed by atoms with van der Waals surface area (Å²) in [5, 5.41) is 5.22. The van der Waals surface area contributed by atoms with Crippen LogP contribution in [0.15, 0.2) is 24.3 Å². The number of esters is 1. The van der Waals surface area contributed by atoms with Crippen LogP contribution in [-0.2, 0) is 14.3 Å². The Bertz CT molecular complexity index is 599. The molecular weight excluding hydrogens is 334 g/mol. The second-order valence-corrected chi connectivity index (χ2v) is 6.50. The van der Waals surface area contributed by atoms with Crippen molar-refractivity contribution in [3.63, 3.8) is 0 Å². The van der Waals surface area contributed by atoms with Crippen molar-refractivity contribution in [2.45, 2.75) is 58.5 Å². The highest BCUT2D eigenvalue weighted by atomic mass is 16.5. The highest BCUT2D eigenvalue weighted by Crippen LogP contribution is 2.17. The summed E-state index contributed by atoms with van der Waals surface area (Å²) < 4.78 is 5.15. The number of ether oxygens (including phenoxy) is 1. The number of carbonyl (C=O) groups is 3. The molecule has 0 heterocycles. The molecule has 0 aromatic heterocycles. The van der Waals surface area contributed by atoms with Crippen LogP contribution < -0.4 is 16.4 Å². The molecule has 0 fully saturated rings. The third-order valence-electron chi connectivity index (χ3n) is 3.88. The summed E-state index contributed by atoms with van der Waals surface area (Å²) >= 11 is 0. The molecule has 0 radical (unpaired) electrons. The lowest BCUT2D eigenvalue weighted by Crippen LogP contribution is -2.30. The lowest BCUT2D eigenvalue weighted by molar-refractivity contribution is -0.153. The summed E-state index contributed by atoms with van der Waals surface area (Å²) in [6, 6.07) is 7.04. The molecule has 1 aromatic rings. The molecule has 1 atom stereocenters. The maximum atomic E-state index is 12.1. The molecule has 0 unspecified atom stereocenters. The van der Waals surface area contributed by atoms with E-state index in [1.807, 2.05) is 24.3 Å². The molecule has 144 valence electrons. The number of hydrogen-bond donors (Lipinski definition) is 3. The number of carbonyl (C=O) groups excluding carboxylic acids is 3. The molecule has 0 saturated carbocycles. The van der Waals surface area contributed by atoms with E-state index in [1.165, 1.54) is 5.56 Å². The zero-order valence-corrected chi connectivity index (χ0v) is 15.7. The van der Waals surface area contributed by atoms with Gasteiger partial charge in [-0.05, 0) is 43.4 Å². The van der Waals surface area contributed by atoms with Gasteiger partial charge in [-0.15, -0.1) is 0 Å². The third-order valence-corrected chi connectivity index (χ3v) is 3.88. The molecule has 1 rings (SSSR count). The minimum absolute atomic E-state index is 0.233. The Morgan fingerprint density at radius 1 is 1.04 bits per heavy atom. The smallest absolute Gasteiger partial charge is 0.312 e. The third kappa shape index (κ3) is 8.50. The van der Waals surface area contributed by atoms with Crippen molar-refractivity contribution in [3.8, 4) is 0 Å². The van der Waals surface area contributed by atoms with Crippen LogP contribution in [0.5, 0.6) is 0 Å². The van der Waals surface area contributed by atoms with E-state index in [-0.39, 0.29) is 12.3 Å². The van der Waals surface area contributed by atoms with Gasteiger partial charge in [-0.2, -0.15) is 0 Å². The number of nitrogens with two attached hydrogens (primary N) is 1. The van der Waals surface area contributed by atoms with Gasteiger partial charge in [0.1, 0.15) is 0 Å². The van der Waals surface area contributed by atoms with Gasteiger partial charge in [-0.3, -0.25) is 9.59 Å². The molecule has 0 aliphatic rings. The standard InChI is InChI=1S/C19H29N3O4/c1-13(2)15-8-10-16(11-9-15)22-18(24)14(3)26-17(23)7-5-4-6-12-21-19(20)25/h8-11,13-14H,4-7,12H2,1-3H3,(H,22,24)(H3,20,21,25)/t14-/m0/s1. The Morgan fingerprint density at radius 2 is 1.69 bits per heavy atom. The molecule has 0 aliphatic carbocycles. The largest absolute Gasteiger partial charge is 0.453 e. The van der Waals surface area contributed by atoms with Crippen molar-refractivity contribution in [2.24, 2.45) is 5.73 Å². The number of primary amides is 1. The molecular formula is C19H29N3O4. The first-order chi connectivity index (χ1) is 12.3. The topological polar surface area (TPSA) is 111 Å². The van der Waals surface area contributed by atoms with Crippen molar-refractivity contribution >= 4 is 23.6 Å². The van der Waals surface area contributed by atoms with Crippen LogP contribution in [-0.4, -0.2) is 30.6 Å². The van der Waals surface area contributed by atoms with Crippen molar-refractivity contribution < 1.29 is 19.1 Å². The summed E-state index contributed by atoms with van der Waals surface area (Å²) in [5.74, 6) is -0.349. The van der Waals surface area contributed by atoms with Gasteiger partial charge in [0.05, 0.1) is 0 Å². The van der Waals surface area contributed by atoms with Gasteiger partial charge in [-0.25, -0.2) is 4.79 Å². The van der Waals surface area contributed by atoms with E-state index in [0.29, 0.717) is 24.6 Å². The van der Waals surface area contributed by atoms with Gasteiger partial charge in [0, 0.05) is 18.7 Å². The highest BCUT2D eigenvalue weighted by Gasteiger charge is 2.17. The van der Waals surface area contributed by atoms with Crippen molar-refractivity contribution in [3.05, 3.63) is 29.8 Å². The van der Waals surface area contributed by atoms with E-state index < -0.39 is 18.1 Å². The number of unbranched alkanes of at least 4 members (excludes halogenated alkanes) is 2. The highest BCUT2D eigenvalue weighted by molar-refractivity contribution is 5.95. The van der Waals surface area contributed by atoms with Crippen LogP contribution >= 0.6 is 0 Å². The predicted molar refractivity (Wildman–Crippen MR) is 101 cm³/mol. The second kappa shape index (κ2) is 11.1. The molecule has 0 aliphatic heterocycles. The van der Waals surface area contributed by atoms with E-state index in [2.05, 4.69) is 24.5 Å². The van der Waals surface area contributed by atoms with Crippen molar-refractivity contribution in [1.82, 2.24) is 5.32 Å². The molecule has 0 saturated heterocycles. The zero-order valence-electron chi connectivity index (χ0n) is 15.7. The first kappa shape index (κ1) is 21.5. The summed E-state index contributed by atoms with van der Waals surface area (Å²) in [4.78, 5) is 34.4. The van der Waals surface area contributed by atoms with E-state index in [4.69, 9.17) is 10.5 Å². The lowest BCUT2D eigenvalue weighted by Gasteiger charge is -2.14. The first-order valence-electron chi connectivity index (χ1n) is 8.93. The van der Waals surface area contributed by atoms with Gasteiger partial charge in [0.25, 0.3) is 5.91 Å². The second-order valence-electron chi connectivity index (χ2n) is 6.50. The first-order valence-corrected chi connectivity index (χ1v) is 8.93. The molecule has 1 aromatic carbocycles. The molecule has 7 heteroatoms. The quantitative estimate of drug-likeness (QED) is 0.438. The summed E-state index contributed by atoms with van der Waals surface area (Å²) in [6.07, 6.45) is 1.50. The molecule has 4 N–H and O–H groups in total. The number of nitrogens with one attached hydrogen (secondary N) is 2. The predicted octanol–water partition coefficient (Wildman–Crippen LogP) is 2.91. The van der Waals surface area contributed by atoms with E-state index in [1.54, 1.807) is 6.92 Å². The number of anilines is 1. The maximum absolute atomic E-state index is 12.1. The normalized spacial score (nSPS) is 11.7. The van der Waals surface area contributed by atoms with E-state index in [9.17, 15) is 14.4 Å². The Morgan fingerprint density at radius 3 is 2.27 bits per heavy atom. The lowest BCUT2D eigenvalue weighted by atomic mass is 10.0. The average Bonchev–Trinajstić information content (AvgIpc) is 2.58. The van der Waals surface area contributed by atoms with Crippen LogP contribution in [0, 0.1) is 0 Å². The summed E-state index contributed by atoms with van der Waals surface area (Å²) in [7, 11) is 0. The summed E-state index contributed by atoms with van der Waals surface area (Å²) in [6.45, 7) is 6.23. The number of amides is 3. The van der Waals surface area contributed by atoms with Gasteiger partial charge in [0.15, 0.2) is 6.10 Å². The fourth-order valence-electron chi connectivity index (χ4n) is 2.29. The fourth-order valence-corrected chi connectivity index (χ4v) is 2.29. The van der Waals surface area contributed by atoms with Crippen molar-refractivity contribution in [1.29, 1.82) is 0 Å². The number of rotatable bonds is 10. The van der Waals surface area contributed by atoms with Crippen LogP contribution in [0.25, 0.3) is 0 Å². The van der Waals surface area contributed by atoms with Gasteiger partial charge >= 0.3 is 12.0 Å². The number of urea groups is 1. The minimum atomic E-state index is -0.858. The molecule has 7 nitrogen and oxygen atoms in total. The summed E-state index contributed by atoms with van der Waals surface area (Å²) in [5.41, 5.74) is 6.81. The number of benzene rings is 1. The van der Waals surface area contributed by atoms with Gasteiger partial charge in [0.2, 0.25) is 0 Å². The van der Waals surface area contributed by atoms with Crippen LogP contribution in [0.3, 0.4) is 0 Å². The zero-order chi connectivity index (χ0) is 19.5.